The molecule has 23 heavy (non-hydrogen) atoms. The van der Waals surface area contributed by atoms with Crippen LogP contribution in [-0.2, 0) is 20.8 Å². The molecule has 5 atom stereocenters. The minimum Gasteiger partial charge on any atom is -0.508 e. The Kier molecular flexibility index (Phi) is 5.47. The van der Waals surface area contributed by atoms with Gasteiger partial charge in [0.1, 0.15) is 11.9 Å². The van der Waals surface area contributed by atoms with Crippen LogP contribution in [0, 0.1) is 0 Å². The lowest BCUT2D eigenvalue weighted by atomic mass is 9.95. The molecule has 1 aromatic rings. The first kappa shape index (κ1) is 16.6. The molecule has 2 bridgehead atoms. The maximum Gasteiger partial charge on any atom is 0.176 e. The van der Waals surface area contributed by atoms with E-state index in [1.165, 1.54) is 0 Å². The quantitative estimate of drug-likeness (QED) is 0.506. The predicted octanol–water partition coefficient (Wildman–Crippen LogP) is -0.429. The third-order valence-corrected chi connectivity index (χ3v) is 4.37. The molecule has 0 spiro atoms. The smallest absolute Gasteiger partial charge is 0.176 e. The van der Waals surface area contributed by atoms with Crippen molar-refractivity contribution >= 4 is 0 Å². The normalized spacial score (nSPS) is 33.0. The number of hydrogen-bond donors (Lipinski definition) is 4. The Bertz CT molecular complexity index is 515. The molecule has 3 rings (SSSR count). The number of ether oxygens (including phenoxy) is 3. The first-order valence-corrected chi connectivity index (χ1v) is 7.88. The molecular weight excluding hydrogens is 300 g/mol. The van der Waals surface area contributed by atoms with E-state index in [2.05, 4.69) is 10.6 Å². The van der Waals surface area contributed by atoms with Crippen LogP contribution < -0.4 is 10.6 Å². The standard InChI is InChI=1S/C16H24N2O5/c1-21-7-6-17-14-15(20)13(12-9-22-16(14)23-12)18-8-10-4-2-3-5-11(10)19/h2-5,12-20H,6-9H2,1H3. The van der Waals surface area contributed by atoms with Crippen LogP contribution in [0.3, 0.4) is 0 Å². The van der Waals surface area contributed by atoms with E-state index in [1.807, 2.05) is 12.1 Å². The summed E-state index contributed by atoms with van der Waals surface area (Å²) in [7, 11) is 1.63. The minimum atomic E-state index is -0.649. The zero-order chi connectivity index (χ0) is 16.2. The van der Waals surface area contributed by atoms with E-state index in [-0.39, 0.29) is 23.9 Å². The molecule has 0 amide bonds. The molecule has 2 fully saturated rings. The number of para-hydroxylation sites is 1. The van der Waals surface area contributed by atoms with Crippen LogP contribution in [-0.4, -0.2) is 67.7 Å². The second-order valence-corrected chi connectivity index (χ2v) is 5.87. The van der Waals surface area contributed by atoms with Gasteiger partial charge in [-0.05, 0) is 6.07 Å². The Morgan fingerprint density at radius 3 is 2.87 bits per heavy atom. The summed E-state index contributed by atoms with van der Waals surface area (Å²) >= 11 is 0. The van der Waals surface area contributed by atoms with Gasteiger partial charge in [0.05, 0.1) is 31.4 Å². The Labute approximate surface area is 135 Å². The highest BCUT2D eigenvalue weighted by molar-refractivity contribution is 5.31. The SMILES string of the molecule is COCCNC1C2OCC(O2)C(NCc2ccccc2O)C1O. The van der Waals surface area contributed by atoms with Crippen LogP contribution in [0.15, 0.2) is 24.3 Å². The van der Waals surface area contributed by atoms with Crippen molar-refractivity contribution in [2.75, 3.05) is 26.9 Å². The first-order valence-electron chi connectivity index (χ1n) is 7.88. The second kappa shape index (κ2) is 7.57. The Hall–Kier alpha value is -1.22. The number of aliphatic hydroxyl groups excluding tert-OH is 1. The highest BCUT2D eigenvalue weighted by Gasteiger charge is 2.49. The summed E-state index contributed by atoms with van der Waals surface area (Å²) in [5.74, 6) is 0.238. The van der Waals surface area contributed by atoms with Gasteiger partial charge in [-0.15, -0.1) is 0 Å². The summed E-state index contributed by atoms with van der Waals surface area (Å²) in [5.41, 5.74) is 0.782. The first-order chi connectivity index (χ1) is 11.2. The molecule has 5 unspecified atom stereocenters. The lowest BCUT2D eigenvalue weighted by Crippen LogP contribution is -2.63. The highest BCUT2D eigenvalue weighted by atomic mass is 16.7. The molecule has 2 saturated heterocycles. The maximum atomic E-state index is 10.7. The fraction of sp³-hybridized carbons (Fsp3) is 0.625. The molecule has 2 heterocycles. The number of aliphatic hydroxyl groups is 1. The minimum absolute atomic E-state index is 0.193. The molecule has 1 aromatic carbocycles. The van der Waals surface area contributed by atoms with Crippen molar-refractivity contribution in [2.45, 2.75) is 37.1 Å². The predicted molar refractivity (Wildman–Crippen MR) is 83.0 cm³/mol. The number of phenolic OH excluding ortho intramolecular Hbond substituents is 1. The van der Waals surface area contributed by atoms with Crippen molar-refractivity contribution in [3.8, 4) is 5.75 Å². The van der Waals surface area contributed by atoms with Gasteiger partial charge < -0.3 is 35.1 Å². The van der Waals surface area contributed by atoms with Gasteiger partial charge in [0.25, 0.3) is 0 Å². The van der Waals surface area contributed by atoms with E-state index in [0.717, 1.165) is 5.56 Å². The van der Waals surface area contributed by atoms with E-state index < -0.39 is 12.4 Å². The van der Waals surface area contributed by atoms with Gasteiger partial charge in [-0.1, -0.05) is 18.2 Å². The van der Waals surface area contributed by atoms with Crippen LogP contribution in [0.5, 0.6) is 5.75 Å². The Balaban J connectivity index is 1.62. The molecule has 0 aromatic heterocycles. The molecule has 7 heteroatoms. The van der Waals surface area contributed by atoms with Crippen LogP contribution in [0.25, 0.3) is 0 Å². The molecule has 0 saturated carbocycles. The molecule has 0 radical (unpaired) electrons. The summed E-state index contributed by atoms with van der Waals surface area (Å²) in [6.07, 6.45) is -1.28. The number of hydrogen-bond acceptors (Lipinski definition) is 7. The highest BCUT2D eigenvalue weighted by Crippen LogP contribution is 2.28. The number of methoxy groups -OCH3 is 1. The van der Waals surface area contributed by atoms with Crippen molar-refractivity contribution in [3.05, 3.63) is 29.8 Å². The number of nitrogens with one attached hydrogen (secondary N) is 2. The van der Waals surface area contributed by atoms with Crippen LogP contribution in [0.4, 0.5) is 0 Å². The number of phenols is 1. The van der Waals surface area contributed by atoms with Crippen molar-refractivity contribution in [1.82, 2.24) is 10.6 Å². The van der Waals surface area contributed by atoms with Crippen LogP contribution in [0.2, 0.25) is 0 Å². The lowest BCUT2D eigenvalue weighted by Gasteiger charge is -2.39. The number of rotatable bonds is 7. The van der Waals surface area contributed by atoms with Crippen LogP contribution in [0.1, 0.15) is 5.56 Å². The topological polar surface area (TPSA) is 92.2 Å². The summed E-state index contributed by atoms with van der Waals surface area (Å²) in [5, 5.41) is 27.0. The average molecular weight is 324 g/mol. The molecule has 0 aliphatic carbocycles. The van der Waals surface area contributed by atoms with E-state index in [4.69, 9.17) is 14.2 Å². The van der Waals surface area contributed by atoms with Gasteiger partial charge in [0.2, 0.25) is 0 Å². The zero-order valence-electron chi connectivity index (χ0n) is 13.1. The average Bonchev–Trinajstić information content (AvgIpc) is 2.98. The fourth-order valence-corrected chi connectivity index (χ4v) is 3.11. The van der Waals surface area contributed by atoms with Gasteiger partial charge in [-0.3, -0.25) is 0 Å². The van der Waals surface area contributed by atoms with Gasteiger partial charge >= 0.3 is 0 Å². The Morgan fingerprint density at radius 2 is 2.09 bits per heavy atom. The van der Waals surface area contributed by atoms with Crippen LogP contribution >= 0.6 is 0 Å². The van der Waals surface area contributed by atoms with Gasteiger partial charge in [-0.2, -0.15) is 0 Å². The molecular formula is C16H24N2O5. The van der Waals surface area contributed by atoms with E-state index in [1.54, 1.807) is 19.2 Å². The molecule has 128 valence electrons. The number of fused-ring (bicyclic) bond motifs is 2. The summed E-state index contributed by atoms with van der Waals surface area (Å²) in [6.45, 7) is 2.06. The monoisotopic (exact) mass is 324 g/mol. The van der Waals surface area contributed by atoms with Crippen molar-refractivity contribution < 1.29 is 24.4 Å². The molecule has 7 nitrogen and oxygen atoms in total. The van der Waals surface area contributed by atoms with Crippen molar-refractivity contribution in [1.29, 1.82) is 0 Å². The molecule has 2 aliphatic heterocycles. The summed E-state index contributed by atoms with van der Waals surface area (Å²) in [6, 6.07) is 6.56. The van der Waals surface area contributed by atoms with Crippen molar-refractivity contribution in [2.24, 2.45) is 0 Å². The molecule has 4 N–H and O–H groups in total. The zero-order valence-corrected chi connectivity index (χ0v) is 13.1. The lowest BCUT2D eigenvalue weighted by molar-refractivity contribution is -0.153. The Morgan fingerprint density at radius 1 is 1.26 bits per heavy atom. The van der Waals surface area contributed by atoms with Crippen molar-refractivity contribution in [3.63, 3.8) is 0 Å². The van der Waals surface area contributed by atoms with Gasteiger partial charge in [0.15, 0.2) is 6.29 Å². The number of benzene rings is 1. The van der Waals surface area contributed by atoms with Gasteiger partial charge in [-0.25, -0.2) is 0 Å². The largest absolute Gasteiger partial charge is 0.508 e. The van der Waals surface area contributed by atoms with E-state index in [0.29, 0.717) is 26.3 Å². The van der Waals surface area contributed by atoms with Gasteiger partial charge in [0, 0.05) is 25.8 Å². The molecule has 2 aliphatic rings. The maximum absolute atomic E-state index is 10.7. The fourth-order valence-electron chi connectivity index (χ4n) is 3.11. The number of aromatic hydroxyl groups is 1. The van der Waals surface area contributed by atoms with E-state index in [9.17, 15) is 10.2 Å². The third-order valence-electron chi connectivity index (χ3n) is 4.37. The summed E-state index contributed by atoms with van der Waals surface area (Å²) in [4.78, 5) is 0. The third kappa shape index (κ3) is 3.65. The summed E-state index contributed by atoms with van der Waals surface area (Å²) < 4.78 is 16.5. The van der Waals surface area contributed by atoms with E-state index >= 15 is 0 Å². The second-order valence-electron chi connectivity index (χ2n) is 5.87.